The van der Waals surface area contributed by atoms with Crippen molar-refractivity contribution in [3.05, 3.63) is 10.8 Å². The highest BCUT2D eigenvalue weighted by Gasteiger charge is 2.39. The predicted molar refractivity (Wildman–Crippen MR) is 66.5 cm³/mol. The van der Waals surface area contributed by atoms with Crippen LogP contribution in [0, 0.1) is 0 Å². The van der Waals surface area contributed by atoms with Crippen LogP contribution in [0.5, 0.6) is 0 Å². The monoisotopic (exact) mass is 312 g/mol. The molecule has 7 nitrogen and oxygen atoms in total. The van der Waals surface area contributed by atoms with Crippen molar-refractivity contribution in [3.8, 4) is 11.4 Å². The van der Waals surface area contributed by atoms with Gasteiger partial charge in [0.05, 0.1) is 11.8 Å². The molecule has 0 aromatic carbocycles. The highest BCUT2D eigenvalue weighted by atomic mass is 79.9. The number of halogens is 1. The Kier molecular flexibility index (Phi) is 2.70. The smallest absolute Gasteiger partial charge is 0.158 e. The van der Waals surface area contributed by atoms with Crippen molar-refractivity contribution in [2.45, 2.75) is 31.4 Å². The summed E-state index contributed by atoms with van der Waals surface area (Å²) in [7, 11) is 1.80. The van der Waals surface area contributed by atoms with Crippen LogP contribution in [0.1, 0.15) is 19.3 Å². The lowest BCUT2D eigenvalue weighted by Crippen LogP contribution is -2.11. The largest absolute Gasteiger partial charge is 0.390 e. The van der Waals surface area contributed by atoms with Gasteiger partial charge < -0.3 is 5.11 Å². The van der Waals surface area contributed by atoms with Crippen LogP contribution in [0.4, 0.5) is 0 Å². The average molecular weight is 313 g/mol. The van der Waals surface area contributed by atoms with E-state index in [4.69, 9.17) is 0 Å². The molecule has 0 aliphatic heterocycles. The summed E-state index contributed by atoms with van der Waals surface area (Å²) in [6.45, 7) is 0.673. The number of nitrogens with zero attached hydrogens (tertiary/aromatic N) is 6. The maximum Gasteiger partial charge on any atom is 0.158 e. The van der Waals surface area contributed by atoms with Crippen LogP contribution in [0.25, 0.3) is 11.4 Å². The van der Waals surface area contributed by atoms with Crippen LogP contribution >= 0.6 is 15.9 Å². The molecule has 1 fully saturated rings. The van der Waals surface area contributed by atoms with Gasteiger partial charge in [-0.15, -0.1) is 10.2 Å². The van der Waals surface area contributed by atoms with E-state index in [0.717, 1.165) is 30.7 Å². The van der Waals surface area contributed by atoms with E-state index in [0.29, 0.717) is 11.1 Å². The third-order valence-corrected chi connectivity index (χ3v) is 3.73. The molecule has 0 unspecified atom stereocenters. The van der Waals surface area contributed by atoms with Gasteiger partial charge in [-0.3, -0.25) is 4.68 Å². The average Bonchev–Trinajstić information content (AvgIpc) is 2.75. The summed E-state index contributed by atoms with van der Waals surface area (Å²) < 4.78 is 4.04. The Hall–Kier alpha value is -1.28. The number of hydrogen-bond acceptors (Lipinski definition) is 5. The van der Waals surface area contributed by atoms with E-state index >= 15 is 0 Å². The molecule has 0 atom stereocenters. The minimum atomic E-state index is -0.458. The first-order chi connectivity index (χ1) is 8.57. The molecule has 0 saturated heterocycles. The third kappa shape index (κ3) is 2.17. The van der Waals surface area contributed by atoms with Gasteiger partial charge in [-0.25, -0.2) is 4.68 Å². The molecule has 96 valence electrons. The van der Waals surface area contributed by atoms with Crippen molar-refractivity contribution < 1.29 is 5.11 Å². The Balaban J connectivity index is 1.77. The lowest BCUT2D eigenvalue weighted by Gasteiger charge is -2.05. The van der Waals surface area contributed by atoms with E-state index in [9.17, 15) is 5.11 Å². The molecule has 1 N–H and O–H groups in total. The number of aliphatic hydroxyl groups is 1. The third-order valence-electron chi connectivity index (χ3n) is 3.20. The Morgan fingerprint density at radius 1 is 1.39 bits per heavy atom. The summed E-state index contributed by atoms with van der Waals surface area (Å²) >= 11 is 3.33. The van der Waals surface area contributed by atoms with E-state index in [2.05, 4.69) is 36.6 Å². The molecular formula is C10H13BrN6O. The summed E-state index contributed by atoms with van der Waals surface area (Å²) in [6.07, 6.45) is 4.35. The predicted octanol–water partition coefficient (Wildman–Crippen LogP) is 0.751. The first kappa shape index (κ1) is 11.8. The topological polar surface area (TPSA) is 81.7 Å². The van der Waals surface area contributed by atoms with E-state index in [-0.39, 0.29) is 0 Å². The van der Waals surface area contributed by atoms with Crippen molar-refractivity contribution in [1.29, 1.82) is 0 Å². The van der Waals surface area contributed by atoms with Crippen LogP contribution in [0.2, 0.25) is 0 Å². The lowest BCUT2D eigenvalue weighted by atomic mass is 10.2. The van der Waals surface area contributed by atoms with E-state index in [1.807, 2.05) is 6.20 Å². The Morgan fingerprint density at radius 2 is 2.17 bits per heavy atom. The minimum Gasteiger partial charge on any atom is -0.390 e. The zero-order chi connectivity index (χ0) is 12.8. The number of aryl methyl sites for hydroxylation is 2. The van der Waals surface area contributed by atoms with E-state index in [1.54, 1.807) is 16.4 Å². The normalized spacial score (nSPS) is 17.1. The van der Waals surface area contributed by atoms with Gasteiger partial charge in [-0.1, -0.05) is 10.4 Å². The summed E-state index contributed by atoms with van der Waals surface area (Å²) in [4.78, 5) is 0. The van der Waals surface area contributed by atoms with Gasteiger partial charge in [0, 0.05) is 13.6 Å². The number of hydrogen-bond donors (Lipinski definition) is 1. The molecule has 0 amide bonds. The van der Waals surface area contributed by atoms with Gasteiger partial charge in [0.1, 0.15) is 11.4 Å². The number of aromatic nitrogens is 6. The fraction of sp³-hybridized carbons (Fsp3) is 0.600. The molecule has 0 bridgehead atoms. The molecular weight excluding hydrogens is 300 g/mol. The standard InChI is InChI=1S/C10H13BrN6O/c1-16-8(9(11)13-14-16)7-6-17(15-12-7)5-4-10(18)2-3-10/h6,18H,2-5H2,1H3. The van der Waals surface area contributed by atoms with Crippen molar-refractivity contribution >= 4 is 15.9 Å². The first-order valence-corrected chi connectivity index (χ1v) is 6.55. The van der Waals surface area contributed by atoms with Gasteiger partial charge in [0.2, 0.25) is 0 Å². The van der Waals surface area contributed by atoms with Crippen LogP contribution in [0.15, 0.2) is 10.8 Å². The van der Waals surface area contributed by atoms with Crippen LogP contribution < -0.4 is 0 Å². The molecule has 3 rings (SSSR count). The molecule has 1 aliphatic carbocycles. The quantitative estimate of drug-likeness (QED) is 0.901. The highest BCUT2D eigenvalue weighted by molar-refractivity contribution is 9.10. The van der Waals surface area contributed by atoms with Gasteiger partial charge in [0.25, 0.3) is 0 Å². The zero-order valence-electron chi connectivity index (χ0n) is 9.91. The van der Waals surface area contributed by atoms with E-state index in [1.165, 1.54) is 0 Å². The lowest BCUT2D eigenvalue weighted by molar-refractivity contribution is 0.132. The summed E-state index contributed by atoms with van der Waals surface area (Å²) in [5, 5.41) is 25.7. The summed E-state index contributed by atoms with van der Waals surface area (Å²) in [5.74, 6) is 0. The van der Waals surface area contributed by atoms with Crippen molar-refractivity contribution in [1.82, 2.24) is 30.0 Å². The van der Waals surface area contributed by atoms with Crippen molar-refractivity contribution in [2.24, 2.45) is 7.05 Å². The number of rotatable bonds is 4. The van der Waals surface area contributed by atoms with E-state index < -0.39 is 5.60 Å². The van der Waals surface area contributed by atoms with Crippen molar-refractivity contribution in [2.75, 3.05) is 0 Å². The molecule has 2 heterocycles. The SMILES string of the molecule is Cn1nnc(Br)c1-c1cn(CCC2(O)CC2)nn1. The Labute approximate surface area is 112 Å². The summed E-state index contributed by atoms with van der Waals surface area (Å²) in [6, 6.07) is 0. The van der Waals surface area contributed by atoms with Crippen LogP contribution in [-0.4, -0.2) is 40.7 Å². The maximum absolute atomic E-state index is 9.78. The van der Waals surface area contributed by atoms with Gasteiger partial charge >= 0.3 is 0 Å². The van der Waals surface area contributed by atoms with Crippen LogP contribution in [-0.2, 0) is 13.6 Å². The molecule has 8 heteroatoms. The zero-order valence-corrected chi connectivity index (χ0v) is 11.5. The molecule has 0 radical (unpaired) electrons. The Bertz CT molecular complexity index is 553. The second-order valence-electron chi connectivity index (χ2n) is 4.69. The second kappa shape index (κ2) is 4.13. The van der Waals surface area contributed by atoms with Crippen LogP contribution in [0.3, 0.4) is 0 Å². The van der Waals surface area contributed by atoms with Gasteiger partial charge in [-0.2, -0.15) is 0 Å². The molecule has 1 saturated carbocycles. The van der Waals surface area contributed by atoms with Gasteiger partial charge in [0.15, 0.2) is 4.60 Å². The molecule has 18 heavy (non-hydrogen) atoms. The first-order valence-electron chi connectivity index (χ1n) is 5.75. The highest BCUT2D eigenvalue weighted by Crippen LogP contribution is 2.38. The second-order valence-corrected chi connectivity index (χ2v) is 5.44. The molecule has 2 aromatic rings. The molecule has 0 spiro atoms. The molecule has 2 aromatic heterocycles. The van der Waals surface area contributed by atoms with Gasteiger partial charge in [-0.05, 0) is 35.2 Å². The fourth-order valence-corrected chi connectivity index (χ4v) is 2.37. The fourth-order valence-electron chi connectivity index (χ4n) is 1.84. The maximum atomic E-state index is 9.78. The summed E-state index contributed by atoms with van der Waals surface area (Å²) in [5.41, 5.74) is 1.06. The Morgan fingerprint density at radius 3 is 2.78 bits per heavy atom. The van der Waals surface area contributed by atoms with Crippen molar-refractivity contribution in [3.63, 3.8) is 0 Å². The minimum absolute atomic E-state index is 0.458. The molecule has 1 aliphatic rings.